The summed E-state index contributed by atoms with van der Waals surface area (Å²) >= 11 is 0. The zero-order valence-electron chi connectivity index (χ0n) is 11.6. The van der Waals surface area contributed by atoms with E-state index in [2.05, 4.69) is 9.47 Å². The van der Waals surface area contributed by atoms with Gasteiger partial charge in [0, 0.05) is 12.3 Å². The highest BCUT2D eigenvalue weighted by Crippen LogP contribution is 2.27. The van der Waals surface area contributed by atoms with Gasteiger partial charge in [0.1, 0.15) is 5.78 Å². The average molecular weight is 268 g/mol. The summed E-state index contributed by atoms with van der Waals surface area (Å²) in [7, 11) is 2.45. The third kappa shape index (κ3) is 4.19. The van der Waals surface area contributed by atoms with Crippen molar-refractivity contribution in [2.75, 3.05) is 14.2 Å². The first-order valence-electron chi connectivity index (χ1n) is 6.35. The van der Waals surface area contributed by atoms with Crippen LogP contribution in [-0.4, -0.2) is 31.9 Å². The molecule has 0 amide bonds. The smallest absolute Gasteiger partial charge is 0.323 e. The fourth-order valence-electron chi connectivity index (χ4n) is 2.33. The van der Waals surface area contributed by atoms with Crippen LogP contribution in [0.15, 0.2) is 11.6 Å². The molecule has 1 unspecified atom stereocenters. The first-order valence-corrected chi connectivity index (χ1v) is 6.35. The van der Waals surface area contributed by atoms with E-state index in [4.69, 9.17) is 0 Å². The summed E-state index contributed by atoms with van der Waals surface area (Å²) < 4.78 is 9.15. The first-order chi connectivity index (χ1) is 8.99. The average Bonchev–Trinajstić information content (AvgIpc) is 2.79. The Bertz CT molecular complexity index is 381. The van der Waals surface area contributed by atoms with Gasteiger partial charge in [-0.15, -0.1) is 0 Å². The fraction of sp³-hybridized carbons (Fsp3) is 0.643. The van der Waals surface area contributed by atoms with Gasteiger partial charge in [-0.3, -0.25) is 14.4 Å². The summed E-state index contributed by atoms with van der Waals surface area (Å²) in [4.78, 5) is 34.6. The van der Waals surface area contributed by atoms with Crippen molar-refractivity contribution < 1.29 is 23.9 Å². The molecule has 0 aromatic heterocycles. The minimum atomic E-state index is -1.05. The molecule has 5 nitrogen and oxygen atoms in total. The fourth-order valence-corrected chi connectivity index (χ4v) is 2.33. The Morgan fingerprint density at radius 2 is 1.89 bits per heavy atom. The maximum Gasteiger partial charge on any atom is 0.323 e. The number of ketones is 1. The van der Waals surface area contributed by atoms with Crippen molar-refractivity contribution in [1.29, 1.82) is 0 Å². The van der Waals surface area contributed by atoms with Gasteiger partial charge in [-0.25, -0.2) is 0 Å². The Labute approximate surface area is 112 Å². The lowest BCUT2D eigenvalue weighted by Crippen LogP contribution is -2.25. The van der Waals surface area contributed by atoms with Gasteiger partial charge in [-0.05, 0) is 26.2 Å². The van der Waals surface area contributed by atoms with E-state index in [0.29, 0.717) is 12.8 Å². The molecule has 0 saturated heterocycles. The van der Waals surface area contributed by atoms with Crippen LogP contribution in [0.3, 0.4) is 0 Å². The van der Waals surface area contributed by atoms with E-state index in [0.717, 1.165) is 18.4 Å². The number of methoxy groups -OCH3 is 2. The van der Waals surface area contributed by atoms with Gasteiger partial charge >= 0.3 is 11.9 Å². The zero-order valence-corrected chi connectivity index (χ0v) is 11.6. The molecule has 19 heavy (non-hydrogen) atoms. The number of hydrogen-bond acceptors (Lipinski definition) is 5. The minimum Gasteiger partial charge on any atom is -0.468 e. The molecule has 0 heterocycles. The van der Waals surface area contributed by atoms with Crippen molar-refractivity contribution in [3.8, 4) is 0 Å². The molecule has 1 aliphatic rings. The largest absolute Gasteiger partial charge is 0.468 e. The zero-order chi connectivity index (χ0) is 14.4. The molecule has 0 aromatic carbocycles. The van der Waals surface area contributed by atoms with E-state index >= 15 is 0 Å². The van der Waals surface area contributed by atoms with Crippen molar-refractivity contribution >= 4 is 17.7 Å². The number of rotatable bonds is 5. The van der Waals surface area contributed by atoms with E-state index in [1.807, 2.05) is 6.92 Å². The van der Waals surface area contributed by atoms with Crippen LogP contribution in [0.1, 0.15) is 32.6 Å². The van der Waals surface area contributed by atoms with Crippen molar-refractivity contribution in [3.05, 3.63) is 11.6 Å². The summed E-state index contributed by atoms with van der Waals surface area (Å²) in [6.45, 7) is 1.81. The highest BCUT2D eigenvalue weighted by Gasteiger charge is 2.28. The predicted molar refractivity (Wildman–Crippen MR) is 68.2 cm³/mol. The highest BCUT2D eigenvalue weighted by molar-refractivity contribution is 5.97. The minimum absolute atomic E-state index is 0.0205. The van der Waals surface area contributed by atoms with E-state index in [1.54, 1.807) is 0 Å². The van der Waals surface area contributed by atoms with E-state index < -0.39 is 17.9 Å². The molecule has 0 N–H and O–H groups in total. The molecule has 0 aromatic rings. The van der Waals surface area contributed by atoms with Crippen molar-refractivity contribution in [2.45, 2.75) is 32.6 Å². The summed E-state index contributed by atoms with van der Waals surface area (Å²) in [5.41, 5.74) is 0.834. The number of esters is 2. The van der Waals surface area contributed by atoms with Crippen LogP contribution in [0.4, 0.5) is 0 Å². The maximum atomic E-state index is 11.6. The summed E-state index contributed by atoms with van der Waals surface area (Å²) in [5, 5.41) is 0. The van der Waals surface area contributed by atoms with E-state index in [9.17, 15) is 14.4 Å². The van der Waals surface area contributed by atoms with Crippen LogP contribution in [0, 0.1) is 11.8 Å². The van der Waals surface area contributed by atoms with Gasteiger partial charge in [0.25, 0.3) is 0 Å². The van der Waals surface area contributed by atoms with E-state index in [-0.39, 0.29) is 11.7 Å². The number of ether oxygens (including phenoxy) is 2. The van der Waals surface area contributed by atoms with Gasteiger partial charge in [0.2, 0.25) is 0 Å². The van der Waals surface area contributed by atoms with Gasteiger partial charge in [-0.2, -0.15) is 0 Å². The van der Waals surface area contributed by atoms with Crippen LogP contribution >= 0.6 is 0 Å². The SMILES string of the molecule is COC(=O)C(/C=C(\C)CC1CCCC1=O)C(=O)OC. The number of Topliss-reactive ketones (excluding diaryl/α,β-unsaturated/α-hetero) is 1. The Morgan fingerprint density at radius 3 is 2.32 bits per heavy atom. The summed E-state index contributed by atoms with van der Waals surface area (Å²) in [5.74, 6) is -2.06. The predicted octanol–water partition coefficient (Wildman–Crippen LogP) is 1.65. The Morgan fingerprint density at radius 1 is 1.32 bits per heavy atom. The topological polar surface area (TPSA) is 69.7 Å². The standard InChI is InChI=1S/C14H20O5/c1-9(7-10-5-4-6-12(10)15)8-11(13(16)18-2)14(17)19-3/h8,10-11H,4-7H2,1-3H3/b9-8+. The monoisotopic (exact) mass is 268 g/mol. The molecule has 1 saturated carbocycles. The van der Waals surface area contributed by atoms with Crippen LogP contribution in [0.2, 0.25) is 0 Å². The van der Waals surface area contributed by atoms with Crippen LogP contribution in [0.25, 0.3) is 0 Å². The number of carbonyl (C=O) groups is 3. The molecule has 106 valence electrons. The third-order valence-corrected chi connectivity index (χ3v) is 3.36. The molecule has 0 radical (unpaired) electrons. The Balaban J connectivity index is 2.74. The highest BCUT2D eigenvalue weighted by atomic mass is 16.5. The molecule has 0 bridgehead atoms. The van der Waals surface area contributed by atoms with Gasteiger partial charge < -0.3 is 9.47 Å². The number of allylic oxidation sites excluding steroid dienone is 1. The van der Waals surface area contributed by atoms with Crippen LogP contribution < -0.4 is 0 Å². The number of hydrogen-bond donors (Lipinski definition) is 0. The Hall–Kier alpha value is -1.65. The lowest BCUT2D eigenvalue weighted by atomic mass is 9.95. The van der Waals surface area contributed by atoms with Crippen molar-refractivity contribution in [3.63, 3.8) is 0 Å². The van der Waals surface area contributed by atoms with Gasteiger partial charge in [-0.1, -0.05) is 11.6 Å². The molecule has 0 aliphatic heterocycles. The molecule has 1 atom stereocenters. The summed E-state index contributed by atoms with van der Waals surface area (Å²) in [6.07, 6.45) is 4.56. The molecule has 1 rings (SSSR count). The van der Waals surface area contributed by atoms with Gasteiger partial charge in [0.05, 0.1) is 14.2 Å². The lowest BCUT2D eigenvalue weighted by molar-refractivity contribution is -0.156. The molecule has 1 aliphatic carbocycles. The molecule has 1 fully saturated rings. The van der Waals surface area contributed by atoms with Crippen molar-refractivity contribution in [1.82, 2.24) is 0 Å². The maximum absolute atomic E-state index is 11.6. The van der Waals surface area contributed by atoms with Gasteiger partial charge in [0.15, 0.2) is 5.92 Å². The second kappa shape index (κ2) is 7.07. The quantitative estimate of drug-likeness (QED) is 0.431. The first kappa shape index (κ1) is 15.4. The number of carbonyl (C=O) groups excluding carboxylic acids is 3. The van der Waals surface area contributed by atoms with Crippen LogP contribution in [-0.2, 0) is 23.9 Å². The molecular weight excluding hydrogens is 248 g/mol. The third-order valence-electron chi connectivity index (χ3n) is 3.36. The Kier molecular flexibility index (Phi) is 5.73. The second-order valence-electron chi connectivity index (χ2n) is 4.80. The van der Waals surface area contributed by atoms with Crippen molar-refractivity contribution in [2.24, 2.45) is 11.8 Å². The second-order valence-corrected chi connectivity index (χ2v) is 4.80. The molecule has 0 spiro atoms. The summed E-state index contributed by atoms with van der Waals surface area (Å²) in [6, 6.07) is 0. The van der Waals surface area contributed by atoms with E-state index in [1.165, 1.54) is 20.3 Å². The normalized spacial score (nSPS) is 19.7. The molecular formula is C14H20O5. The van der Waals surface area contributed by atoms with Crippen LogP contribution in [0.5, 0.6) is 0 Å². The lowest BCUT2D eigenvalue weighted by Gasteiger charge is -2.12. The molecule has 5 heteroatoms.